The van der Waals surface area contributed by atoms with Crippen LogP contribution >= 0.6 is 0 Å². The molecule has 0 radical (unpaired) electrons. The third-order valence-electron chi connectivity index (χ3n) is 4.66. The van der Waals surface area contributed by atoms with Crippen molar-refractivity contribution in [2.75, 3.05) is 20.8 Å². The standard InChI is InChI=1S/C24H25NO5/c1-25(16-18-8-10-20(28-2)11-9-18)23(26)17-29-24(27)15-13-21-12-14-22(30-21)19-6-4-3-5-7-19/h3-12,14H,13,15-17H2,1-2H3. The van der Waals surface area contributed by atoms with E-state index in [-0.39, 0.29) is 18.9 Å². The second-order valence-corrected chi connectivity index (χ2v) is 6.89. The molecule has 6 heteroatoms. The van der Waals surface area contributed by atoms with Gasteiger partial charge in [-0.25, -0.2) is 0 Å². The Morgan fingerprint density at radius 3 is 2.40 bits per heavy atom. The molecule has 0 aliphatic carbocycles. The van der Waals surface area contributed by atoms with Crippen LogP contribution in [0.5, 0.6) is 5.75 Å². The molecular weight excluding hydrogens is 382 g/mol. The fourth-order valence-corrected chi connectivity index (χ4v) is 2.91. The Bertz CT molecular complexity index is 963. The Kier molecular flexibility index (Phi) is 7.27. The third kappa shape index (κ3) is 5.98. The highest BCUT2D eigenvalue weighted by atomic mass is 16.5. The SMILES string of the molecule is COc1ccc(CN(C)C(=O)COC(=O)CCc2ccc(-c3ccccc3)o2)cc1. The maximum atomic E-state index is 12.2. The number of carbonyl (C=O) groups is 2. The Morgan fingerprint density at radius 2 is 1.70 bits per heavy atom. The number of esters is 1. The summed E-state index contributed by atoms with van der Waals surface area (Å²) in [7, 11) is 3.28. The normalized spacial score (nSPS) is 10.5. The van der Waals surface area contributed by atoms with Gasteiger partial charge in [-0.3, -0.25) is 9.59 Å². The fourth-order valence-electron chi connectivity index (χ4n) is 2.91. The van der Waals surface area contributed by atoms with Gasteiger partial charge in [-0.15, -0.1) is 0 Å². The van der Waals surface area contributed by atoms with Gasteiger partial charge in [0.25, 0.3) is 5.91 Å². The molecule has 0 saturated carbocycles. The third-order valence-corrected chi connectivity index (χ3v) is 4.66. The number of ether oxygens (including phenoxy) is 2. The van der Waals surface area contributed by atoms with Crippen LogP contribution in [0, 0.1) is 0 Å². The summed E-state index contributed by atoms with van der Waals surface area (Å²) in [5, 5.41) is 0. The van der Waals surface area contributed by atoms with Crippen LogP contribution in [0.2, 0.25) is 0 Å². The molecule has 0 saturated heterocycles. The fraction of sp³-hybridized carbons (Fsp3) is 0.250. The summed E-state index contributed by atoms with van der Waals surface area (Å²) in [5.41, 5.74) is 1.95. The van der Waals surface area contributed by atoms with Crippen molar-refractivity contribution in [3.63, 3.8) is 0 Å². The quantitative estimate of drug-likeness (QED) is 0.500. The minimum atomic E-state index is -0.432. The lowest BCUT2D eigenvalue weighted by molar-refractivity contribution is -0.151. The molecule has 0 N–H and O–H groups in total. The molecule has 0 atom stereocenters. The average Bonchev–Trinajstić information content (AvgIpc) is 3.26. The van der Waals surface area contributed by atoms with E-state index in [0.717, 1.165) is 22.6 Å². The highest BCUT2D eigenvalue weighted by molar-refractivity contribution is 5.80. The second kappa shape index (κ2) is 10.3. The van der Waals surface area contributed by atoms with Crippen LogP contribution in [0.3, 0.4) is 0 Å². The summed E-state index contributed by atoms with van der Waals surface area (Å²) in [6.07, 6.45) is 0.568. The van der Waals surface area contributed by atoms with E-state index in [0.29, 0.717) is 18.7 Å². The highest BCUT2D eigenvalue weighted by Crippen LogP contribution is 2.22. The molecule has 6 nitrogen and oxygen atoms in total. The van der Waals surface area contributed by atoms with Crippen molar-refractivity contribution in [1.29, 1.82) is 0 Å². The smallest absolute Gasteiger partial charge is 0.306 e. The van der Waals surface area contributed by atoms with E-state index < -0.39 is 5.97 Å². The zero-order chi connectivity index (χ0) is 21.3. The first kappa shape index (κ1) is 21.2. The number of hydrogen-bond acceptors (Lipinski definition) is 5. The minimum Gasteiger partial charge on any atom is -0.497 e. The van der Waals surface area contributed by atoms with Crippen LogP contribution < -0.4 is 4.74 Å². The molecule has 0 aliphatic rings. The van der Waals surface area contributed by atoms with Crippen LogP contribution in [0.15, 0.2) is 71.1 Å². The molecule has 156 valence electrons. The van der Waals surface area contributed by atoms with Crippen molar-refractivity contribution < 1.29 is 23.5 Å². The van der Waals surface area contributed by atoms with Crippen molar-refractivity contribution in [3.8, 4) is 17.1 Å². The van der Waals surface area contributed by atoms with Gasteiger partial charge in [0, 0.05) is 25.6 Å². The Balaban J connectivity index is 1.40. The number of rotatable bonds is 9. The lowest BCUT2D eigenvalue weighted by Crippen LogP contribution is -2.30. The van der Waals surface area contributed by atoms with Gasteiger partial charge in [0.15, 0.2) is 6.61 Å². The molecular formula is C24H25NO5. The number of hydrogen-bond donors (Lipinski definition) is 0. The molecule has 2 aromatic carbocycles. The Morgan fingerprint density at radius 1 is 0.967 bits per heavy atom. The van der Waals surface area contributed by atoms with Crippen molar-refractivity contribution in [2.24, 2.45) is 0 Å². The Labute approximate surface area is 176 Å². The monoisotopic (exact) mass is 407 g/mol. The van der Waals surface area contributed by atoms with E-state index >= 15 is 0 Å². The van der Waals surface area contributed by atoms with Crippen LogP contribution in [-0.2, 0) is 27.3 Å². The molecule has 3 rings (SSSR count). The lowest BCUT2D eigenvalue weighted by atomic mass is 10.2. The molecule has 0 fully saturated rings. The predicted octanol–water partition coefficient (Wildman–Crippen LogP) is 4.09. The van der Waals surface area contributed by atoms with E-state index in [4.69, 9.17) is 13.9 Å². The van der Waals surface area contributed by atoms with Crippen molar-refractivity contribution in [2.45, 2.75) is 19.4 Å². The molecule has 0 spiro atoms. The zero-order valence-electron chi connectivity index (χ0n) is 17.2. The van der Waals surface area contributed by atoms with Gasteiger partial charge in [0.2, 0.25) is 0 Å². The van der Waals surface area contributed by atoms with Crippen LogP contribution in [0.4, 0.5) is 0 Å². The van der Waals surface area contributed by atoms with Crippen molar-refractivity contribution in [3.05, 3.63) is 78.1 Å². The van der Waals surface area contributed by atoms with E-state index in [2.05, 4.69) is 0 Å². The summed E-state index contributed by atoms with van der Waals surface area (Å²) in [6.45, 7) is 0.147. The minimum absolute atomic E-state index is 0.150. The first-order valence-corrected chi connectivity index (χ1v) is 9.72. The molecule has 3 aromatic rings. The topological polar surface area (TPSA) is 69.0 Å². The maximum Gasteiger partial charge on any atom is 0.306 e. The van der Waals surface area contributed by atoms with Gasteiger partial charge in [0.05, 0.1) is 13.5 Å². The number of amides is 1. The summed E-state index contributed by atoms with van der Waals surface area (Å²) in [6, 6.07) is 20.9. The first-order valence-electron chi connectivity index (χ1n) is 9.72. The second-order valence-electron chi connectivity index (χ2n) is 6.89. The Hall–Kier alpha value is -3.54. The van der Waals surface area contributed by atoms with E-state index in [1.807, 2.05) is 66.7 Å². The maximum absolute atomic E-state index is 12.2. The summed E-state index contributed by atoms with van der Waals surface area (Å²) >= 11 is 0. The number of methoxy groups -OCH3 is 1. The average molecular weight is 407 g/mol. The molecule has 1 aromatic heterocycles. The number of benzene rings is 2. The first-order chi connectivity index (χ1) is 14.5. The molecule has 0 bridgehead atoms. The number of aryl methyl sites for hydroxylation is 1. The van der Waals surface area contributed by atoms with E-state index in [1.54, 1.807) is 14.2 Å². The molecule has 1 amide bonds. The van der Waals surface area contributed by atoms with Crippen molar-refractivity contribution >= 4 is 11.9 Å². The van der Waals surface area contributed by atoms with Gasteiger partial charge >= 0.3 is 5.97 Å². The molecule has 1 heterocycles. The summed E-state index contributed by atoms with van der Waals surface area (Å²) < 4.78 is 16.0. The number of carbonyl (C=O) groups excluding carboxylic acids is 2. The van der Waals surface area contributed by atoms with Gasteiger partial charge in [-0.2, -0.15) is 0 Å². The molecule has 0 unspecified atom stereocenters. The van der Waals surface area contributed by atoms with E-state index in [9.17, 15) is 9.59 Å². The van der Waals surface area contributed by atoms with Gasteiger partial charge in [-0.05, 0) is 29.8 Å². The lowest BCUT2D eigenvalue weighted by Gasteiger charge is -2.17. The number of likely N-dealkylation sites (N-methyl/N-ethyl adjacent to an activating group) is 1. The van der Waals surface area contributed by atoms with Gasteiger partial charge in [0.1, 0.15) is 17.3 Å². The number of furan rings is 1. The van der Waals surface area contributed by atoms with E-state index in [1.165, 1.54) is 4.90 Å². The molecule has 30 heavy (non-hydrogen) atoms. The van der Waals surface area contributed by atoms with Crippen LogP contribution in [0.25, 0.3) is 11.3 Å². The summed E-state index contributed by atoms with van der Waals surface area (Å²) in [5.74, 6) is 1.53. The van der Waals surface area contributed by atoms with Gasteiger partial charge < -0.3 is 18.8 Å². The van der Waals surface area contributed by atoms with Crippen molar-refractivity contribution in [1.82, 2.24) is 4.90 Å². The van der Waals surface area contributed by atoms with Crippen LogP contribution in [0.1, 0.15) is 17.7 Å². The largest absolute Gasteiger partial charge is 0.497 e. The highest BCUT2D eigenvalue weighted by Gasteiger charge is 2.14. The summed E-state index contributed by atoms with van der Waals surface area (Å²) in [4.78, 5) is 25.7. The zero-order valence-corrected chi connectivity index (χ0v) is 17.2. The van der Waals surface area contributed by atoms with Gasteiger partial charge in [-0.1, -0.05) is 42.5 Å². The predicted molar refractivity (Wildman–Crippen MR) is 113 cm³/mol. The molecule has 0 aliphatic heterocycles. The number of nitrogens with zero attached hydrogens (tertiary/aromatic N) is 1. The van der Waals surface area contributed by atoms with Crippen LogP contribution in [-0.4, -0.2) is 37.5 Å².